The van der Waals surface area contributed by atoms with Gasteiger partial charge in [0, 0.05) is 0 Å². The molecule has 0 spiro atoms. The molecule has 2 rings (SSSR count). The third kappa shape index (κ3) is 4.65. The Morgan fingerprint density at radius 2 is 1.78 bits per heavy atom. The van der Waals surface area contributed by atoms with Crippen LogP contribution < -0.4 is 11.1 Å². The fourth-order valence-electron chi connectivity index (χ4n) is 3.30. The molecule has 0 bridgehead atoms. The standard InChI is InChI=1S/C18H24N2O6S/c1-8(2)26-18(25)12-9(3)13(14(19)21)27-16(12)20-15(22)10-6-4-5-7-11(10)17(23)24/h8,10-11H,4-7H2,1-3H3,(H2,19,21)(H,20,22)(H,23,24)/t10-,11-/m1/s1. The Kier molecular flexibility index (Phi) is 6.59. The topological polar surface area (TPSA) is 136 Å². The summed E-state index contributed by atoms with van der Waals surface area (Å²) >= 11 is 0.897. The number of esters is 1. The van der Waals surface area contributed by atoms with Crippen LogP contribution in [0.25, 0.3) is 0 Å². The van der Waals surface area contributed by atoms with Crippen molar-refractivity contribution < 1.29 is 29.0 Å². The average molecular weight is 396 g/mol. The number of carboxylic acid groups (broad SMARTS) is 1. The van der Waals surface area contributed by atoms with Crippen molar-refractivity contribution in [2.24, 2.45) is 17.6 Å². The number of rotatable bonds is 6. The van der Waals surface area contributed by atoms with Crippen molar-refractivity contribution in [1.82, 2.24) is 0 Å². The number of thiophene rings is 1. The van der Waals surface area contributed by atoms with Crippen LogP contribution in [0, 0.1) is 18.8 Å². The summed E-state index contributed by atoms with van der Waals surface area (Å²) in [4.78, 5) is 48.4. The van der Waals surface area contributed by atoms with Crippen LogP contribution >= 0.6 is 11.3 Å². The monoisotopic (exact) mass is 396 g/mol. The van der Waals surface area contributed by atoms with Crippen molar-refractivity contribution in [3.8, 4) is 0 Å². The number of ether oxygens (including phenoxy) is 1. The number of nitrogens with two attached hydrogens (primary N) is 1. The molecule has 1 aliphatic carbocycles. The van der Waals surface area contributed by atoms with Crippen LogP contribution in [-0.4, -0.2) is 35.0 Å². The molecule has 4 N–H and O–H groups in total. The maximum atomic E-state index is 12.7. The van der Waals surface area contributed by atoms with Crippen molar-refractivity contribution >= 4 is 40.1 Å². The number of anilines is 1. The van der Waals surface area contributed by atoms with Crippen molar-refractivity contribution in [3.05, 3.63) is 16.0 Å². The highest BCUT2D eigenvalue weighted by Gasteiger charge is 2.37. The fraction of sp³-hybridized carbons (Fsp3) is 0.556. The highest BCUT2D eigenvalue weighted by molar-refractivity contribution is 7.18. The highest BCUT2D eigenvalue weighted by atomic mass is 32.1. The lowest BCUT2D eigenvalue weighted by Gasteiger charge is -2.27. The molecule has 0 aromatic carbocycles. The van der Waals surface area contributed by atoms with Crippen molar-refractivity contribution in [2.45, 2.75) is 52.6 Å². The molecule has 1 heterocycles. The largest absolute Gasteiger partial charge is 0.481 e. The molecule has 0 unspecified atom stereocenters. The third-order valence-electron chi connectivity index (χ3n) is 4.57. The highest BCUT2D eigenvalue weighted by Crippen LogP contribution is 2.36. The Labute approximate surface area is 161 Å². The second-order valence-corrected chi connectivity index (χ2v) is 7.92. The van der Waals surface area contributed by atoms with E-state index in [9.17, 15) is 24.3 Å². The maximum absolute atomic E-state index is 12.7. The number of carbonyl (C=O) groups excluding carboxylic acids is 3. The predicted molar refractivity (Wildman–Crippen MR) is 99.8 cm³/mol. The summed E-state index contributed by atoms with van der Waals surface area (Å²) in [6.07, 6.45) is 2.04. The zero-order chi connectivity index (χ0) is 20.3. The van der Waals surface area contributed by atoms with E-state index in [1.165, 1.54) is 0 Å². The minimum Gasteiger partial charge on any atom is -0.481 e. The first-order chi connectivity index (χ1) is 12.6. The van der Waals surface area contributed by atoms with Gasteiger partial charge in [0.25, 0.3) is 5.91 Å². The van der Waals surface area contributed by atoms with Gasteiger partial charge in [-0.15, -0.1) is 11.3 Å². The van der Waals surface area contributed by atoms with E-state index in [4.69, 9.17) is 10.5 Å². The predicted octanol–water partition coefficient (Wildman–Crippen LogP) is 2.55. The van der Waals surface area contributed by atoms with Gasteiger partial charge < -0.3 is 20.9 Å². The molecular weight excluding hydrogens is 372 g/mol. The van der Waals surface area contributed by atoms with Gasteiger partial charge in [-0.25, -0.2) is 4.79 Å². The van der Waals surface area contributed by atoms with Crippen LogP contribution in [0.1, 0.15) is 65.1 Å². The van der Waals surface area contributed by atoms with E-state index in [0.29, 0.717) is 18.4 Å². The van der Waals surface area contributed by atoms with E-state index in [-0.39, 0.29) is 21.5 Å². The number of amides is 2. The number of carbonyl (C=O) groups is 4. The lowest BCUT2D eigenvalue weighted by molar-refractivity contribution is -0.147. The van der Waals surface area contributed by atoms with E-state index in [0.717, 1.165) is 24.2 Å². The van der Waals surface area contributed by atoms with Crippen molar-refractivity contribution in [2.75, 3.05) is 5.32 Å². The molecule has 27 heavy (non-hydrogen) atoms. The molecule has 1 fully saturated rings. The summed E-state index contributed by atoms with van der Waals surface area (Å²) in [7, 11) is 0. The molecule has 1 saturated carbocycles. The first kappa shape index (κ1) is 20.9. The molecule has 8 nitrogen and oxygen atoms in total. The summed E-state index contributed by atoms with van der Waals surface area (Å²) in [5.74, 6) is -4.31. The van der Waals surface area contributed by atoms with Crippen molar-refractivity contribution in [3.63, 3.8) is 0 Å². The summed E-state index contributed by atoms with van der Waals surface area (Å²) in [6.45, 7) is 4.93. The van der Waals surface area contributed by atoms with E-state index in [2.05, 4.69) is 5.32 Å². The van der Waals surface area contributed by atoms with Gasteiger partial charge in [0.1, 0.15) is 5.00 Å². The number of carboxylic acids is 1. The van der Waals surface area contributed by atoms with Gasteiger partial charge in [-0.05, 0) is 39.2 Å². The number of hydrogen-bond donors (Lipinski definition) is 3. The van der Waals surface area contributed by atoms with Gasteiger partial charge in [0.15, 0.2) is 0 Å². The van der Waals surface area contributed by atoms with Crippen LogP contribution in [0.3, 0.4) is 0 Å². The van der Waals surface area contributed by atoms with Gasteiger partial charge in [0.05, 0.1) is 28.4 Å². The van der Waals surface area contributed by atoms with Gasteiger partial charge in [-0.1, -0.05) is 12.8 Å². The Balaban J connectivity index is 2.35. The summed E-state index contributed by atoms with van der Waals surface area (Å²) in [5.41, 5.74) is 5.78. The van der Waals surface area contributed by atoms with E-state index >= 15 is 0 Å². The molecule has 148 valence electrons. The Morgan fingerprint density at radius 1 is 1.19 bits per heavy atom. The normalized spacial score (nSPS) is 19.6. The van der Waals surface area contributed by atoms with E-state index < -0.39 is 35.6 Å². The lowest BCUT2D eigenvalue weighted by atomic mass is 9.79. The molecule has 9 heteroatoms. The van der Waals surface area contributed by atoms with Crippen LogP contribution in [0.15, 0.2) is 0 Å². The van der Waals surface area contributed by atoms with E-state index in [1.807, 2.05) is 0 Å². The molecule has 1 aliphatic rings. The molecular formula is C18H24N2O6S. The summed E-state index contributed by atoms with van der Waals surface area (Å²) < 4.78 is 5.21. The van der Waals surface area contributed by atoms with Gasteiger partial charge in [-0.2, -0.15) is 0 Å². The lowest BCUT2D eigenvalue weighted by Crippen LogP contribution is -2.36. The minimum absolute atomic E-state index is 0.0820. The number of primary amides is 1. The minimum atomic E-state index is -1.01. The first-order valence-corrected chi connectivity index (χ1v) is 9.63. The number of nitrogens with one attached hydrogen (secondary N) is 1. The average Bonchev–Trinajstić information content (AvgIpc) is 2.90. The Hall–Kier alpha value is -2.42. The van der Waals surface area contributed by atoms with Crippen LogP contribution in [0.5, 0.6) is 0 Å². The molecule has 2 amide bonds. The van der Waals surface area contributed by atoms with Crippen molar-refractivity contribution in [1.29, 1.82) is 0 Å². The first-order valence-electron chi connectivity index (χ1n) is 8.81. The third-order valence-corrected chi connectivity index (χ3v) is 5.80. The molecule has 1 aromatic rings. The molecule has 0 saturated heterocycles. The van der Waals surface area contributed by atoms with Crippen LogP contribution in [-0.2, 0) is 14.3 Å². The van der Waals surface area contributed by atoms with Gasteiger partial charge in [0.2, 0.25) is 5.91 Å². The molecule has 0 aliphatic heterocycles. The smallest absolute Gasteiger partial charge is 0.341 e. The zero-order valence-corrected chi connectivity index (χ0v) is 16.4. The fourth-order valence-corrected chi connectivity index (χ4v) is 4.35. The number of hydrogen-bond acceptors (Lipinski definition) is 6. The summed E-state index contributed by atoms with van der Waals surface area (Å²) in [6, 6.07) is 0. The SMILES string of the molecule is Cc1c(C(N)=O)sc(NC(=O)[C@@H]2CCCC[C@H]2C(=O)O)c1C(=O)OC(C)C. The zero-order valence-electron chi connectivity index (χ0n) is 15.5. The van der Waals surface area contributed by atoms with Gasteiger partial charge >= 0.3 is 11.9 Å². The second kappa shape index (κ2) is 8.51. The second-order valence-electron chi connectivity index (χ2n) is 6.90. The summed E-state index contributed by atoms with van der Waals surface area (Å²) in [5, 5.41) is 12.2. The molecule has 1 aromatic heterocycles. The van der Waals surface area contributed by atoms with Gasteiger partial charge in [-0.3, -0.25) is 14.4 Å². The maximum Gasteiger partial charge on any atom is 0.341 e. The quantitative estimate of drug-likeness (QED) is 0.632. The Bertz CT molecular complexity index is 770. The molecule has 2 atom stereocenters. The molecule has 0 radical (unpaired) electrons. The van der Waals surface area contributed by atoms with Crippen LogP contribution in [0.4, 0.5) is 5.00 Å². The van der Waals surface area contributed by atoms with E-state index in [1.54, 1.807) is 20.8 Å². The van der Waals surface area contributed by atoms with Crippen LogP contribution in [0.2, 0.25) is 0 Å². The Morgan fingerprint density at radius 3 is 2.30 bits per heavy atom. The number of aliphatic carboxylic acids is 1.